The molecular weight excluding hydrogens is 252 g/mol. The van der Waals surface area contributed by atoms with Crippen LogP contribution in [0.3, 0.4) is 0 Å². The van der Waals surface area contributed by atoms with Crippen molar-refractivity contribution in [2.75, 3.05) is 12.8 Å². The van der Waals surface area contributed by atoms with E-state index in [1.807, 2.05) is 24.3 Å². The Bertz CT molecular complexity index is 594. The second-order valence-electron chi connectivity index (χ2n) is 4.80. The van der Waals surface area contributed by atoms with Crippen molar-refractivity contribution in [3.63, 3.8) is 0 Å². The van der Waals surface area contributed by atoms with Crippen molar-refractivity contribution in [2.24, 2.45) is 0 Å². The molecule has 0 heterocycles. The van der Waals surface area contributed by atoms with Gasteiger partial charge in [0.15, 0.2) is 0 Å². The monoisotopic (exact) mass is 270 g/mol. The first-order valence-electron chi connectivity index (χ1n) is 6.41. The Kier molecular flexibility index (Phi) is 4.25. The topological polar surface area (TPSA) is 66.6 Å². The highest BCUT2D eigenvalue weighted by molar-refractivity contribution is 5.78. The fourth-order valence-electron chi connectivity index (χ4n) is 1.93. The molecule has 0 aromatic heterocycles. The number of carbonyl (C=O) groups is 1. The minimum absolute atomic E-state index is 0.00183. The molecule has 0 aliphatic carbocycles. The van der Waals surface area contributed by atoms with Crippen molar-refractivity contribution in [2.45, 2.75) is 13.0 Å². The minimum atomic E-state index is -0.00183. The Morgan fingerprint density at radius 2 is 1.80 bits per heavy atom. The molecule has 4 nitrogen and oxygen atoms in total. The van der Waals surface area contributed by atoms with Gasteiger partial charge in [-0.05, 0) is 23.8 Å². The summed E-state index contributed by atoms with van der Waals surface area (Å²) in [6.07, 6.45) is 0.324. The van der Waals surface area contributed by atoms with Crippen molar-refractivity contribution in [1.29, 1.82) is 0 Å². The lowest BCUT2D eigenvalue weighted by Crippen LogP contribution is -2.27. The first-order valence-corrected chi connectivity index (χ1v) is 6.41. The first-order chi connectivity index (χ1) is 9.56. The van der Waals surface area contributed by atoms with Crippen LogP contribution in [-0.4, -0.2) is 23.0 Å². The molecule has 2 aromatic rings. The van der Waals surface area contributed by atoms with Crippen LogP contribution in [0.5, 0.6) is 5.75 Å². The number of hydrogen-bond acceptors (Lipinski definition) is 3. The highest BCUT2D eigenvalue weighted by atomic mass is 16.3. The number of nitrogens with zero attached hydrogens (tertiary/aromatic N) is 1. The maximum atomic E-state index is 12.1. The fourth-order valence-corrected chi connectivity index (χ4v) is 1.93. The van der Waals surface area contributed by atoms with Crippen LogP contribution < -0.4 is 5.73 Å². The molecule has 0 aliphatic heterocycles. The largest absolute Gasteiger partial charge is 0.508 e. The summed E-state index contributed by atoms with van der Waals surface area (Å²) >= 11 is 0. The van der Waals surface area contributed by atoms with Gasteiger partial charge in [-0.15, -0.1) is 0 Å². The zero-order valence-electron chi connectivity index (χ0n) is 11.4. The van der Waals surface area contributed by atoms with Crippen LogP contribution >= 0.6 is 0 Å². The van der Waals surface area contributed by atoms with Crippen molar-refractivity contribution in [3.8, 4) is 5.75 Å². The molecule has 0 bridgehead atoms. The van der Waals surface area contributed by atoms with E-state index in [0.29, 0.717) is 18.7 Å². The van der Waals surface area contributed by atoms with Crippen LogP contribution in [0.1, 0.15) is 11.1 Å². The average Bonchev–Trinajstić information content (AvgIpc) is 2.44. The van der Waals surface area contributed by atoms with Crippen LogP contribution in [0, 0.1) is 0 Å². The van der Waals surface area contributed by atoms with Gasteiger partial charge in [0.2, 0.25) is 5.91 Å². The van der Waals surface area contributed by atoms with Gasteiger partial charge in [0.25, 0.3) is 0 Å². The second-order valence-corrected chi connectivity index (χ2v) is 4.80. The first kappa shape index (κ1) is 13.9. The Morgan fingerprint density at radius 1 is 1.15 bits per heavy atom. The number of aromatic hydroxyl groups is 1. The van der Waals surface area contributed by atoms with Crippen LogP contribution in [0.25, 0.3) is 0 Å². The second kappa shape index (κ2) is 6.10. The zero-order valence-corrected chi connectivity index (χ0v) is 11.4. The van der Waals surface area contributed by atoms with Crippen molar-refractivity contribution >= 4 is 11.6 Å². The number of anilines is 1. The molecule has 0 aliphatic rings. The van der Waals surface area contributed by atoms with Crippen LogP contribution in [0.15, 0.2) is 48.5 Å². The molecule has 3 N–H and O–H groups in total. The SMILES string of the molecule is CN(Cc1ccccc1O)C(=O)Cc1ccc(N)cc1. The molecule has 0 spiro atoms. The molecular formula is C16H18N2O2. The number of phenolic OH excluding ortho intramolecular Hbond substituents is 1. The van der Waals surface area contributed by atoms with E-state index < -0.39 is 0 Å². The van der Waals surface area contributed by atoms with E-state index in [1.54, 1.807) is 36.2 Å². The number of hydrogen-bond donors (Lipinski definition) is 2. The number of likely N-dealkylation sites (N-methyl/N-ethyl adjacent to an activating group) is 1. The maximum Gasteiger partial charge on any atom is 0.227 e. The van der Waals surface area contributed by atoms with E-state index in [9.17, 15) is 9.90 Å². The molecule has 0 atom stereocenters. The minimum Gasteiger partial charge on any atom is -0.508 e. The van der Waals surface area contributed by atoms with Crippen molar-refractivity contribution in [1.82, 2.24) is 4.90 Å². The highest BCUT2D eigenvalue weighted by Gasteiger charge is 2.11. The molecule has 0 fully saturated rings. The van der Waals surface area contributed by atoms with Crippen molar-refractivity contribution < 1.29 is 9.90 Å². The van der Waals surface area contributed by atoms with Gasteiger partial charge in [-0.1, -0.05) is 30.3 Å². The third-order valence-electron chi connectivity index (χ3n) is 3.16. The molecule has 104 valence electrons. The smallest absolute Gasteiger partial charge is 0.227 e. The summed E-state index contributed by atoms with van der Waals surface area (Å²) in [4.78, 5) is 13.7. The summed E-state index contributed by atoms with van der Waals surface area (Å²) < 4.78 is 0. The molecule has 4 heteroatoms. The van der Waals surface area contributed by atoms with E-state index in [-0.39, 0.29) is 11.7 Å². The fraction of sp³-hybridized carbons (Fsp3) is 0.188. The summed E-state index contributed by atoms with van der Waals surface area (Å²) in [5.41, 5.74) is 7.96. The van der Waals surface area contributed by atoms with E-state index >= 15 is 0 Å². The average molecular weight is 270 g/mol. The van der Waals surface area contributed by atoms with Crippen LogP contribution in [-0.2, 0) is 17.8 Å². The zero-order chi connectivity index (χ0) is 14.5. The number of nitrogen functional groups attached to an aromatic ring is 1. The third kappa shape index (κ3) is 3.51. The predicted octanol–water partition coefficient (Wildman–Crippen LogP) is 2.18. The van der Waals surface area contributed by atoms with Gasteiger partial charge in [0, 0.05) is 24.8 Å². The van der Waals surface area contributed by atoms with E-state index in [0.717, 1.165) is 11.1 Å². The number of amides is 1. The van der Waals surface area contributed by atoms with Gasteiger partial charge in [-0.2, -0.15) is 0 Å². The summed E-state index contributed by atoms with van der Waals surface area (Å²) in [6, 6.07) is 14.3. The molecule has 1 amide bonds. The van der Waals surface area contributed by atoms with Crippen molar-refractivity contribution in [3.05, 3.63) is 59.7 Å². The Morgan fingerprint density at radius 3 is 2.45 bits per heavy atom. The normalized spacial score (nSPS) is 10.2. The van der Waals surface area contributed by atoms with Gasteiger partial charge in [0.1, 0.15) is 5.75 Å². The lowest BCUT2D eigenvalue weighted by molar-refractivity contribution is -0.129. The molecule has 20 heavy (non-hydrogen) atoms. The summed E-state index contributed by atoms with van der Waals surface area (Å²) in [7, 11) is 1.73. The predicted molar refractivity (Wildman–Crippen MR) is 79.1 cm³/mol. The number of rotatable bonds is 4. The molecule has 2 aromatic carbocycles. The number of para-hydroxylation sites is 1. The number of benzene rings is 2. The van der Waals surface area contributed by atoms with Gasteiger partial charge in [-0.3, -0.25) is 4.79 Å². The van der Waals surface area contributed by atoms with Gasteiger partial charge in [-0.25, -0.2) is 0 Å². The molecule has 0 saturated carbocycles. The lowest BCUT2D eigenvalue weighted by Gasteiger charge is -2.18. The highest BCUT2D eigenvalue weighted by Crippen LogP contribution is 2.17. The van der Waals surface area contributed by atoms with Gasteiger partial charge in [0.05, 0.1) is 6.42 Å². The molecule has 0 unspecified atom stereocenters. The standard InChI is InChI=1S/C16H18N2O2/c1-18(11-13-4-2-3-5-15(13)19)16(20)10-12-6-8-14(17)9-7-12/h2-9,19H,10-11,17H2,1H3. The summed E-state index contributed by atoms with van der Waals surface area (Å²) in [5.74, 6) is 0.206. The quantitative estimate of drug-likeness (QED) is 0.837. The van der Waals surface area contributed by atoms with E-state index in [1.165, 1.54) is 0 Å². The molecule has 0 radical (unpaired) electrons. The number of carbonyl (C=O) groups excluding carboxylic acids is 1. The lowest BCUT2D eigenvalue weighted by atomic mass is 10.1. The van der Waals surface area contributed by atoms with E-state index in [4.69, 9.17) is 5.73 Å². The van der Waals surface area contributed by atoms with Gasteiger partial charge < -0.3 is 15.7 Å². The summed E-state index contributed by atoms with van der Waals surface area (Å²) in [6.45, 7) is 0.389. The molecule has 2 rings (SSSR count). The Labute approximate surface area is 118 Å². The number of nitrogens with two attached hydrogens (primary N) is 1. The maximum absolute atomic E-state index is 12.1. The Hall–Kier alpha value is -2.49. The molecule has 0 saturated heterocycles. The van der Waals surface area contributed by atoms with Gasteiger partial charge >= 0.3 is 0 Å². The Balaban J connectivity index is 1.99. The third-order valence-corrected chi connectivity index (χ3v) is 3.16. The van der Waals surface area contributed by atoms with E-state index in [2.05, 4.69) is 0 Å². The van der Waals surface area contributed by atoms with Crippen LogP contribution in [0.2, 0.25) is 0 Å². The summed E-state index contributed by atoms with van der Waals surface area (Å²) in [5, 5.41) is 9.71. The van der Waals surface area contributed by atoms with Crippen LogP contribution in [0.4, 0.5) is 5.69 Å². The number of phenols is 1.